The number of carbonyl (C=O) groups is 2. The fraction of sp³-hybridized carbons (Fsp3) is 0.533. The molecule has 2 aliphatic heterocycles. The second kappa shape index (κ2) is 112. The van der Waals surface area contributed by atoms with E-state index in [1.807, 2.05) is 704 Å². The number of rotatable bonds is 5. The van der Waals surface area contributed by atoms with Crippen molar-refractivity contribution in [2.75, 3.05) is 32.7 Å². The van der Waals surface area contributed by atoms with Gasteiger partial charge in [-0.1, -0.05) is 68.2 Å². The van der Waals surface area contributed by atoms with Crippen molar-refractivity contribution in [2.24, 2.45) is 11.3 Å². The maximum absolute atomic E-state index is 13.6. The number of halogens is 2. The van der Waals surface area contributed by atoms with E-state index in [1.165, 1.54) is 28.9 Å². The molecule has 4 rings (SSSR count). The highest BCUT2D eigenvalue weighted by Crippen LogP contribution is 2.37. The summed E-state index contributed by atoms with van der Waals surface area (Å²) in [5.74, 6) is 0.720. The Morgan fingerprint density at radius 1 is 0.287 bits per heavy atom. The van der Waals surface area contributed by atoms with Crippen LogP contribution >= 0.6 is 23.2 Å². The number of benzene rings is 2. The van der Waals surface area contributed by atoms with E-state index in [4.69, 9.17) is 45.6 Å². The summed E-state index contributed by atoms with van der Waals surface area (Å²) in [6.45, 7) is 12.1. The summed E-state index contributed by atoms with van der Waals surface area (Å²) in [6, 6.07) is 16.3. The third-order valence-corrected chi connectivity index (χ3v) is 209. The summed E-state index contributed by atoms with van der Waals surface area (Å²) in [4.78, 5) is 31.8. The number of piperazine rings is 1. The number of nitrogens with zero attached hydrogens (tertiary/aromatic N) is 3. The lowest BCUT2D eigenvalue weighted by molar-refractivity contribution is -0.141. The molecule has 0 aromatic heterocycles. The Balaban J connectivity index is 0.000000948. The Morgan fingerprint density at radius 2 is 0.457 bits per heavy atom. The largest absolute Gasteiger partial charge is 0.343 e. The lowest BCUT2D eigenvalue weighted by Crippen LogP contribution is -2.60. The summed E-state index contributed by atoms with van der Waals surface area (Å²) < 4.78 is 0. The molecule has 2 fully saturated rings. The topological polar surface area (TPSA) is 43.9 Å². The molecule has 5 nitrogen and oxygen atoms in total. The standard InChI is InChI=1S/C30H39Cl2N3O2.S92/c1-21(36)33-15-13-22(14-16-33)19-28(37)35-18-17-34(20-27(35)30(2,3)4)29(23-5-9-25(31)10-6-23)24-7-11-26(32)12-8-24;1-3-5-7-9-11-13-15-17-19-21-23-25-27-29-31-33-35-37-39-41-43-45-47-49-51-53-55-57-59-61-63-65-67-69-71-73-75-77-79-81-83-85-87-89-91-92-90-88-86-84-82-80-78-76-74-72-70-68-66-64-62-60-58-56-54-52-50-48-46-44-42-40-38-36-34-32-30-28-26-24-22-20-18-16-14-12-10-8-6-4-2/h5-12,22,27,29H,13-20H2,1-4H3;/t27-;/m1./s1. The minimum atomic E-state index is -0.0726. The van der Waals surface area contributed by atoms with Crippen LogP contribution in [0, 0.1) is 11.3 Å². The van der Waals surface area contributed by atoms with Crippen molar-refractivity contribution >= 4 is 857 Å². The molecule has 2 aromatic rings. The lowest BCUT2D eigenvalue weighted by atomic mass is 9.82. The fourth-order valence-corrected chi connectivity index (χ4v) is 249. The van der Waals surface area contributed by atoms with E-state index in [9.17, 15) is 9.59 Å². The number of likely N-dealkylation sites (tertiary alicyclic amines) is 1. The highest BCUT2D eigenvalue weighted by molar-refractivity contribution is 8.86. The summed E-state index contributed by atoms with van der Waals surface area (Å²) in [7, 11) is 163. The minimum absolute atomic E-state index is 0.0487. The van der Waals surface area contributed by atoms with Crippen LogP contribution in [-0.4, -0.2) is 65.3 Å². The highest BCUT2D eigenvalue weighted by atomic mass is 35.5. The first kappa shape index (κ1) is 141. The van der Waals surface area contributed by atoms with Gasteiger partial charge in [-0.05, 0) is 59.6 Å². The van der Waals surface area contributed by atoms with Gasteiger partial charge in [0.1, 0.15) is 0 Å². The van der Waals surface area contributed by atoms with E-state index in [2.05, 4.69) is 54.8 Å². The molecule has 2 aromatic carbocycles. The Hall–Kier alpha value is 18.2. The Kier molecular flexibility index (Phi) is 122. The number of carbonyl (C=O) groups excluding carboxylic acids is 2. The van der Waals surface area contributed by atoms with E-state index < -0.39 is 0 Å². The average molecular weight is 3490 g/mol. The van der Waals surface area contributed by atoms with E-state index in [-0.39, 0.29) is 29.3 Å². The van der Waals surface area contributed by atoms with Crippen molar-refractivity contribution in [3.8, 4) is 0 Å². The molecule has 1 atom stereocenters. The van der Waals surface area contributed by atoms with Crippen molar-refractivity contribution in [2.45, 2.75) is 59.0 Å². The van der Waals surface area contributed by atoms with Gasteiger partial charge in [-0.15, -0.1) is 0 Å². The molecular formula is C30H39Cl2N3O2S92. The SMILES string of the molecule is CC(=O)N1CCC(CC(=O)N2CCN(C(c3ccc(Cl)cc3)c3ccc(Cl)cc3)C[C@@H]2C(C)(C)C)CC1.S=S=S=S=S=S=S=S=S=S=S=S=S=S=S=S=S=S=S=S=S=S=S=S=S=S=S=S=S=S=S=S=S=S=S=S=S=S=S=S=S=S=S=S=S=S=S=S=S=S=S=S=S=S=S=S=S=S=S=S=S=S=S=S=S=S=S=S=S=S=S=S=S=S=S=S=S=S=S=S=S=S=S=S=S=S=S=S=S=S=S=S. The van der Waals surface area contributed by atoms with Gasteiger partial charge in [-0.3, -0.25) is 14.5 Å². The number of hydrogen-bond acceptors (Lipinski definition) is 5. The van der Waals surface area contributed by atoms with Crippen molar-refractivity contribution in [3.63, 3.8) is 0 Å². The molecule has 2 aliphatic rings. The van der Waals surface area contributed by atoms with Gasteiger partial charge >= 0.3 is 0 Å². The van der Waals surface area contributed by atoms with Crippen molar-refractivity contribution in [3.05, 3.63) is 69.7 Å². The van der Waals surface area contributed by atoms with Crippen molar-refractivity contribution in [1.29, 1.82) is 0 Å². The molecule has 0 bridgehead atoms. The van der Waals surface area contributed by atoms with Crippen LogP contribution in [0.5, 0.6) is 0 Å². The summed E-state index contributed by atoms with van der Waals surface area (Å²) >= 11 is 22.1. The molecule has 0 N–H and O–H groups in total. The second-order valence-electron chi connectivity index (χ2n) is 17.7. The maximum Gasteiger partial charge on any atom is 0.223 e. The smallest absolute Gasteiger partial charge is 0.223 e. The number of amides is 2. The van der Waals surface area contributed by atoms with Gasteiger partial charge in [-0.25, -0.2) is 0 Å². The molecule has 0 unspecified atom stereocenters. The monoisotopic (exact) mass is 3480 g/mol. The van der Waals surface area contributed by atoms with Gasteiger partial charge in [0.05, 0.1) is 6.04 Å². The molecule has 2 heterocycles. The van der Waals surface area contributed by atoms with Crippen LogP contribution in [0.2, 0.25) is 10.0 Å². The van der Waals surface area contributed by atoms with E-state index in [0.717, 1.165) is 49.1 Å². The first-order valence-electron chi connectivity index (χ1n) is 28.5. The number of piperidine rings is 1. The Morgan fingerprint density at radius 3 is 0.612 bits per heavy atom. The van der Waals surface area contributed by atoms with Crippen LogP contribution in [0.25, 0.3) is 0 Å². The minimum Gasteiger partial charge on any atom is -0.343 e. The van der Waals surface area contributed by atoms with Gasteiger partial charge in [0.15, 0.2) is 0 Å². The molecule has 0 saturated carbocycles. The van der Waals surface area contributed by atoms with Crippen LogP contribution < -0.4 is 0 Å². The van der Waals surface area contributed by atoms with Crippen LogP contribution in [-0.2, 0) is 831 Å². The zero-order valence-electron chi connectivity index (χ0n) is 60.0. The van der Waals surface area contributed by atoms with Crippen LogP contribution in [0.4, 0.5) is 0 Å². The van der Waals surface area contributed by atoms with Crippen LogP contribution in [0.15, 0.2) is 48.5 Å². The predicted octanol–water partition coefficient (Wildman–Crippen LogP) is 6.07. The van der Waals surface area contributed by atoms with Gasteiger partial charge in [-0.2, -0.15) is 0 Å². The van der Waals surface area contributed by atoms with Crippen LogP contribution in [0.1, 0.15) is 64.1 Å². The first-order chi connectivity index (χ1) is 63.4. The molecule has 2 saturated heterocycles. The third kappa shape index (κ3) is 93.6. The van der Waals surface area contributed by atoms with E-state index >= 15 is 0 Å². The number of hydrogen-bond donors (Lipinski definition) is 0. The fourth-order valence-electron chi connectivity index (χ4n) is 6.80. The maximum atomic E-state index is 13.6. The molecule has 0 spiro atoms. The third-order valence-electron chi connectivity index (χ3n) is 10.5. The lowest BCUT2D eigenvalue weighted by Gasteiger charge is -2.50. The van der Waals surface area contributed by atoms with Gasteiger partial charge in [0.25, 0.3) is 0 Å². The van der Waals surface area contributed by atoms with Gasteiger partial charge in [0, 0.05) is 884 Å². The second-order valence-corrected chi connectivity index (χ2v) is 178. The molecular weight excluding hydrogens is 3460 g/mol. The van der Waals surface area contributed by atoms with Gasteiger partial charge < -0.3 is 9.80 Å². The first-order valence-corrected chi connectivity index (χ1v) is 151. The molecule has 2 amide bonds. The average Bonchev–Trinajstić information content (AvgIpc) is 0.777. The van der Waals surface area contributed by atoms with Crippen LogP contribution in [0.3, 0.4) is 0 Å². The molecule has 0 aliphatic carbocycles. The van der Waals surface area contributed by atoms with E-state index in [0.29, 0.717) is 18.9 Å². The van der Waals surface area contributed by atoms with Crippen molar-refractivity contribution in [1.82, 2.24) is 14.7 Å². The Bertz CT molecular complexity index is 8610. The molecule has 752 valence electrons. The quantitative estimate of drug-likeness (QED) is 0.365. The normalized spacial score (nSPS) is 11.3. The zero-order valence-corrected chi connectivity index (χ0v) is 137. The Labute approximate surface area is 1030 Å². The molecule has 129 heavy (non-hydrogen) atoms. The van der Waals surface area contributed by atoms with E-state index in [1.54, 1.807) is 113 Å². The summed E-state index contributed by atoms with van der Waals surface area (Å²) in [5, 5.41) is 1.44. The summed E-state index contributed by atoms with van der Waals surface area (Å²) in [5.41, 5.74) is 2.28. The molecule has 99 heteroatoms. The van der Waals surface area contributed by atoms with Crippen molar-refractivity contribution < 1.29 is 9.59 Å². The van der Waals surface area contributed by atoms with Gasteiger partial charge in [0.2, 0.25) is 11.8 Å². The zero-order chi connectivity index (χ0) is 92.4. The highest BCUT2D eigenvalue weighted by Gasteiger charge is 2.41. The molecule has 0 radical (unpaired) electrons. The predicted molar refractivity (Wildman–Crippen MR) is 828 cm³/mol. The summed E-state index contributed by atoms with van der Waals surface area (Å²) in [6.07, 6.45) is 2.37.